The lowest BCUT2D eigenvalue weighted by Gasteiger charge is -2.49. The summed E-state index contributed by atoms with van der Waals surface area (Å²) in [5.74, 6) is -1.91. The highest BCUT2D eigenvalue weighted by molar-refractivity contribution is 8.03. The van der Waals surface area contributed by atoms with E-state index in [-0.39, 0.29) is 22.2 Å². The Morgan fingerprint density at radius 1 is 1.40 bits per heavy atom. The minimum atomic E-state index is -1.19. The maximum atomic E-state index is 13.0. The molecule has 2 amide bonds. The molecule has 0 radical (unpaired) electrons. The fourth-order valence-corrected chi connectivity index (χ4v) is 6.74. The average Bonchev–Trinajstić information content (AvgIpc) is 3.49. The van der Waals surface area contributed by atoms with Gasteiger partial charge in [0.2, 0.25) is 0 Å². The standard InChI is InChI=1S/C21H18N6O5S3/c1-32-25-14(11-8-35-21(22)23-11)17(28)24-15-12-9-34-13(16(20(30)31)27(12)18(15)29)7-26-5-2-3-10-4-6-33-19(10)26/h2-6,8,12,15H,7,9H2,1H3,(H3-,22,23,24,28,30,31)/p+1/b25-14+/t12-,15+/m1/s1. The van der Waals surface area contributed by atoms with Gasteiger partial charge in [0.1, 0.15) is 24.5 Å². The quantitative estimate of drug-likeness (QED) is 0.177. The number of hydrogen-bond donors (Lipinski definition) is 3. The van der Waals surface area contributed by atoms with Crippen LogP contribution in [0.4, 0.5) is 5.13 Å². The number of carbonyl (C=O) groups is 3. The second-order valence-electron chi connectivity index (χ2n) is 7.63. The summed E-state index contributed by atoms with van der Waals surface area (Å²) in [6.45, 7) is 0.327. The van der Waals surface area contributed by atoms with E-state index in [2.05, 4.69) is 15.5 Å². The lowest BCUT2D eigenvalue weighted by molar-refractivity contribution is -0.659. The summed E-state index contributed by atoms with van der Waals surface area (Å²) in [6, 6.07) is 4.50. The molecular formula is C21H19N6O5S3+. The summed E-state index contributed by atoms with van der Waals surface area (Å²) in [5.41, 5.74) is 5.70. The van der Waals surface area contributed by atoms with E-state index in [0.717, 1.165) is 21.6 Å². The Hall–Kier alpha value is -3.49. The summed E-state index contributed by atoms with van der Waals surface area (Å²) in [4.78, 5) is 49.8. The zero-order valence-electron chi connectivity index (χ0n) is 18.2. The predicted octanol–water partition coefficient (Wildman–Crippen LogP) is 1.02. The molecule has 0 spiro atoms. The number of fused-ring (bicyclic) bond motifs is 2. The van der Waals surface area contributed by atoms with Crippen molar-refractivity contribution in [2.75, 3.05) is 18.6 Å². The van der Waals surface area contributed by atoms with Gasteiger partial charge in [-0.15, -0.1) is 23.1 Å². The molecule has 11 nitrogen and oxygen atoms in total. The molecule has 5 rings (SSSR count). The zero-order chi connectivity index (χ0) is 24.7. The van der Waals surface area contributed by atoms with Gasteiger partial charge in [-0.05, 0) is 17.5 Å². The summed E-state index contributed by atoms with van der Waals surface area (Å²) in [6.07, 6.45) is 1.89. The number of anilines is 1. The number of β-lactam (4-membered cyclic amide) rings is 1. The van der Waals surface area contributed by atoms with Gasteiger partial charge >= 0.3 is 5.97 Å². The molecule has 2 aliphatic rings. The molecule has 3 aromatic heterocycles. The van der Waals surface area contributed by atoms with Gasteiger partial charge in [0.05, 0.1) is 16.3 Å². The van der Waals surface area contributed by atoms with Gasteiger partial charge in [-0.2, -0.15) is 4.57 Å². The number of carboxylic acid groups (broad SMARTS) is 1. The summed E-state index contributed by atoms with van der Waals surface area (Å²) < 4.78 is 1.97. The Bertz CT molecular complexity index is 1410. The van der Waals surface area contributed by atoms with E-state index in [1.807, 2.05) is 34.3 Å². The topological polar surface area (TPSA) is 151 Å². The van der Waals surface area contributed by atoms with E-state index in [4.69, 9.17) is 10.6 Å². The maximum absolute atomic E-state index is 13.0. The van der Waals surface area contributed by atoms with Crippen molar-refractivity contribution in [1.29, 1.82) is 0 Å². The van der Waals surface area contributed by atoms with Gasteiger partial charge in [-0.25, -0.2) is 9.78 Å². The molecular weight excluding hydrogens is 512 g/mol. The number of thiophene rings is 1. The number of carbonyl (C=O) groups excluding carboxylic acids is 2. The average molecular weight is 532 g/mol. The van der Waals surface area contributed by atoms with Gasteiger partial charge in [-0.1, -0.05) is 16.5 Å². The van der Waals surface area contributed by atoms with E-state index in [9.17, 15) is 19.5 Å². The summed E-state index contributed by atoms with van der Waals surface area (Å²) in [7, 11) is 1.29. The molecule has 4 N–H and O–H groups in total. The number of nitrogen functional groups attached to an aromatic ring is 1. The van der Waals surface area contributed by atoms with Crippen molar-refractivity contribution in [3.05, 3.63) is 51.5 Å². The van der Waals surface area contributed by atoms with Crippen molar-refractivity contribution in [2.45, 2.75) is 18.6 Å². The van der Waals surface area contributed by atoms with E-state index in [1.165, 1.54) is 23.8 Å². The molecule has 180 valence electrons. The first-order valence-corrected chi connectivity index (χ1v) is 13.0. The molecule has 2 aliphatic heterocycles. The lowest BCUT2D eigenvalue weighted by atomic mass is 9.94. The highest BCUT2D eigenvalue weighted by Crippen LogP contribution is 2.39. The normalized spacial score (nSPS) is 20.0. The number of nitrogens with one attached hydrogen (secondary N) is 1. The Kier molecular flexibility index (Phi) is 6.17. The van der Waals surface area contributed by atoms with Crippen LogP contribution in [-0.2, 0) is 25.8 Å². The Balaban J connectivity index is 1.38. The van der Waals surface area contributed by atoms with Crippen molar-refractivity contribution < 1.29 is 28.9 Å². The molecule has 0 aromatic carbocycles. The third-order valence-electron chi connectivity index (χ3n) is 5.60. The van der Waals surface area contributed by atoms with Crippen LogP contribution in [0.15, 0.2) is 50.9 Å². The maximum Gasteiger partial charge on any atom is 0.353 e. The van der Waals surface area contributed by atoms with Gasteiger partial charge in [-0.3, -0.25) is 14.5 Å². The van der Waals surface area contributed by atoms with Crippen molar-refractivity contribution in [3.63, 3.8) is 0 Å². The number of aliphatic carboxylic acids is 1. The van der Waals surface area contributed by atoms with Gasteiger partial charge in [0.15, 0.2) is 23.6 Å². The van der Waals surface area contributed by atoms with Crippen LogP contribution >= 0.6 is 34.4 Å². The van der Waals surface area contributed by atoms with E-state index in [0.29, 0.717) is 17.2 Å². The van der Waals surface area contributed by atoms with Gasteiger partial charge in [0, 0.05) is 17.2 Å². The number of hydrogen-bond acceptors (Lipinski definition) is 10. The van der Waals surface area contributed by atoms with Crippen molar-refractivity contribution in [2.24, 2.45) is 5.16 Å². The second-order valence-corrected chi connectivity index (χ2v) is 10.5. The first kappa shape index (κ1) is 23.3. The molecule has 1 fully saturated rings. The Morgan fingerprint density at radius 3 is 2.94 bits per heavy atom. The number of amides is 2. The predicted molar refractivity (Wildman–Crippen MR) is 132 cm³/mol. The van der Waals surface area contributed by atoms with E-state index < -0.39 is 29.9 Å². The fourth-order valence-electron chi connectivity index (χ4n) is 4.05. The Morgan fingerprint density at radius 2 is 2.23 bits per heavy atom. The number of thioether (sulfide) groups is 1. The molecule has 3 aromatic rings. The van der Waals surface area contributed by atoms with Gasteiger partial charge in [0.25, 0.3) is 16.6 Å². The van der Waals surface area contributed by atoms with Crippen molar-refractivity contribution in [1.82, 2.24) is 15.2 Å². The van der Waals surface area contributed by atoms with Crippen LogP contribution in [0.5, 0.6) is 0 Å². The van der Waals surface area contributed by atoms with Crippen LogP contribution in [0.3, 0.4) is 0 Å². The largest absolute Gasteiger partial charge is 0.477 e. The number of allylic oxidation sites excluding steroid dienone is 1. The number of nitrogens with two attached hydrogens (primary N) is 1. The zero-order valence-corrected chi connectivity index (χ0v) is 20.7. The molecule has 2 atom stereocenters. The SMILES string of the molecule is CO/N=C(/C(=O)N[C@@H]1C(=O)N2C(C(=O)O)=C(C[n+]3cccc4ccsc43)SC[C@H]12)c1csc(N)n1. The molecule has 0 unspecified atom stereocenters. The highest BCUT2D eigenvalue weighted by Gasteiger charge is 2.54. The third kappa shape index (κ3) is 4.13. The smallest absolute Gasteiger partial charge is 0.353 e. The monoisotopic (exact) mass is 531 g/mol. The van der Waals surface area contributed by atoms with Crippen molar-refractivity contribution in [3.8, 4) is 0 Å². The molecule has 0 saturated carbocycles. The van der Waals surface area contributed by atoms with Crippen LogP contribution in [-0.4, -0.2) is 63.4 Å². The van der Waals surface area contributed by atoms with E-state index >= 15 is 0 Å². The van der Waals surface area contributed by atoms with Crippen molar-refractivity contribution >= 4 is 73.3 Å². The van der Waals surface area contributed by atoms with E-state index in [1.54, 1.807) is 16.7 Å². The first-order chi connectivity index (χ1) is 16.9. The Labute approximate surface area is 210 Å². The first-order valence-electron chi connectivity index (χ1n) is 10.3. The molecule has 35 heavy (non-hydrogen) atoms. The summed E-state index contributed by atoms with van der Waals surface area (Å²) in [5, 5.41) is 21.2. The number of nitrogens with zero attached hydrogens (tertiary/aromatic N) is 4. The van der Waals surface area contributed by atoms with Crippen LogP contribution in [0.25, 0.3) is 10.2 Å². The molecule has 0 aliphatic carbocycles. The molecule has 1 saturated heterocycles. The van der Waals surface area contributed by atoms with Gasteiger partial charge < -0.3 is 21.0 Å². The van der Waals surface area contributed by atoms with Crippen LogP contribution in [0.1, 0.15) is 5.69 Å². The van der Waals surface area contributed by atoms with Crippen LogP contribution in [0, 0.1) is 0 Å². The number of pyridine rings is 1. The number of rotatable bonds is 7. The molecule has 0 bridgehead atoms. The second kappa shape index (κ2) is 9.28. The van der Waals surface area contributed by atoms with Crippen LogP contribution < -0.4 is 15.6 Å². The van der Waals surface area contributed by atoms with Crippen LogP contribution in [0.2, 0.25) is 0 Å². The molecule has 5 heterocycles. The molecule has 14 heteroatoms. The minimum Gasteiger partial charge on any atom is -0.477 e. The fraction of sp³-hybridized carbons (Fsp3) is 0.238. The third-order valence-corrected chi connectivity index (χ3v) is 8.41. The minimum absolute atomic E-state index is 0.0548. The number of carboxylic acids is 1. The highest BCUT2D eigenvalue weighted by atomic mass is 32.2. The number of oxime groups is 1. The lowest BCUT2D eigenvalue weighted by Crippen LogP contribution is -2.73. The number of thiazole rings is 1. The summed E-state index contributed by atoms with van der Waals surface area (Å²) >= 11 is 4.08. The number of aromatic nitrogens is 2.